The van der Waals surface area contributed by atoms with Crippen molar-refractivity contribution in [3.05, 3.63) is 110 Å². The largest absolute Gasteiger partial charge is 0.511 e. The molecule has 0 fully saturated rings. The van der Waals surface area contributed by atoms with Gasteiger partial charge < -0.3 is 29.7 Å². The number of carbonyl (C=O) groups is 4. The molecule has 0 aromatic heterocycles. The van der Waals surface area contributed by atoms with E-state index in [9.17, 15) is 29.4 Å². The Hall–Kier alpha value is -3.34. The predicted molar refractivity (Wildman–Crippen MR) is 342 cm³/mol. The highest BCUT2D eigenvalue weighted by molar-refractivity contribution is 8.14. The van der Waals surface area contributed by atoms with Crippen LogP contribution in [0, 0.1) is 41.5 Å². The molecule has 20 heteroatoms. The number of Topliss-reactive ketones (excluding diaryl/α,β-unsaturated/α-hetero) is 2. The van der Waals surface area contributed by atoms with Gasteiger partial charge in [-0.1, -0.05) is 153 Å². The zero-order valence-electron chi connectivity index (χ0n) is 50.1. The van der Waals surface area contributed by atoms with Crippen molar-refractivity contribution in [1.29, 1.82) is 0 Å². The van der Waals surface area contributed by atoms with Crippen LogP contribution < -0.4 is 0 Å². The molecule has 2 aromatic carbocycles. The summed E-state index contributed by atoms with van der Waals surface area (Å²) in [6.07, 6.45) is 2.84. The van der Waals surface area contributed by atoms with Crippen molar-refractivity contribution in [3.63, 3.8) is 0 Å². The lowest BCUT2D eigenvalue weighted by molar-refractivity contribution is -0.117. The number of carbonyl (C=O) groups excluding carboxylic acids is 4. The summed E-state index contributed by atoms with van der Waals surface area (Å²) in [5.41, 5.74) is 11.3. The average molecular weight is 1270 g/mol. The summed E-state index contributed by atoms with van der Waals surface area (Å²) in [5.74, 6) is 0.815. The van der Waals surface area contributed by atoms with E-state index in [0.29, 0.717) is 95.9 Å². The molecule has 2 atom stereocenters. The van der Waals surface area contributed by atoms with E-state index in [2.05, 4.69) is 76.1 Å². The molecule has 448 valence electrons. The molecule has 0 bridgehead atoms. The van der Waals surface area contributed by atoms with Crippen molar-refractivity contribution in [2.24, 2.45) is 10.3 Å². The summed E-state index contributed by atoms with van der Waals surface area (Å²) in [6.45, 7) is 36.6. The topological polar surface area (TPSA) is 158 Å². The summed E-state index contributed by atoms with van der Waals surface area (Å²) in [6, 6.07) is 9.19. The van der Waals surface area contributed by atoms with Gasteiger partial charge in [-0.3, -0.25) is 19.2 Å². The summed E-state index contributed by atoms with van der Waals surface area (Å²) < 4.78 is 0.0326. The molecule has 2 amide bonds. The van der Waals surface area contributed by atoms with Crippen molar-refractivity contribution >= 4 is 127 Å². The predicted octanol–water partition coefficient (Wildman–Crippen LogP) is 19.0. The molecule has 2 N–H and O–H groups in total. The molecule has 4 rings (SSSR count). The minimum absolute atomic E-state index is 0.0160. The van der Waals surface area contributed by atoms with Crippen LogP contribution in [0.3, 0.4) is 0 Å². The number of thioether (sulfide) groups is 2. The van der Waals surface area contributed by atoms with E-state index in [0.717, 1.165) is 23.5 Å². The van der Waals surface area contributed by atoms with Gasteiger partial charge in [0, 0.05) is 61.4 Å². The van der Waals surface area contributed by atoms with Gasteiger partial charge in [-0.05, 0) is 169 Å². The maximum absolute atomic E-state index is 12.7. The van der Waals surface area contributed by atoms with Crippen LogP contribution in [0.25, 0.3) is 0 Å². The van der Waals surface area contributed by atoms with E-state index < -0.39 is 0 Å². The van der Waals surface area contributed by atoms with Crippen LogP contribution in [-0.2, 0) is 19.3 Å². The molecular weight excluding hydrogens is 1180 g/mol. The summed E-state index contributed by atoms with van der Waals surface area (Å²) in [5, 5.41) is 29.6. The highest BCUT2D eigenvalue weighted by atomic mass is 35.5. The van der Waals surface area contributed by atoms with Crippen molar-refractivity contribution in [2.45, 2.75) is 199 Å². The number of aryl methyl sites for hydroxylation is 6. The Kier molecular flexibility index (Phi) is 34.6. The van der Waals surface area contributed by atoms with Gasteiger partial charge in [0.2, 0.25) is 0 Å². The summed E-state index contributed by atoms with van der Waals surface area (Å²) in [4.78, 5) is 62.9. The van der Waals surface area contributed by atoms with Gasteiger partial charge in [0.1, 0.15) is 33.7 Å². The summed E-state index contributed by atoms with van der Waals surface area (Å²) >= 11 is 35.7. The standard InChI is InChI=1S/2C20H27NO3.2C10H16Cl3NOS/c2*1-6-16(21-24-7-2)20-17(22)10-15(11-18(20)23)19-13(4)8-12(3)9-14(19)5;2*1-6(2)14(7(3)4)10(15)16-5-8(11)9(12)13/h2*8-9,15,22H,6-7,10-11H2,1-5H3;2*6-7H,5H2,1-4H3/b2*21-16+;;. The molecule has 0 saturated carbocycles. The van der Waals surface area contributed by atoms with Gasteiger partial charge in [-0.25, -0.2) is 0 Å². The van der Waals surface area contributed by atoms with E-state index in [1.165, 1.54) is 44.5 Å². The Morgan fingerprint density at radius 2 is 0.812 bits per heavy atom. The molecular formula is C60H86Cl6N4O8S2. The third-order valence-corrected chi connectivity index (χ3v) is 16.8. The van der Waals surface area contributed by atoms with Gasteiger partial charge in [-0.2, -0.15) is 0 Å². The number of rotatable bonds is 18. The molecule has 0 aliphatic heterocycles. The van der Waals surface area contributed by atoms with Crippen molar-refractivity contribution < 1.29 is 39.1 Å². The lowest BCUT2D eigenvalue weighted by Gasteiger charge is -2.30. The van der Waals surface area contributed by atoms with Crippen LogP contribution in [0.1, 0.15) is 178 Å². The first-order valence-corrected chi connectivity index (χ1v) is 31.3. The molecule has 12 nitrogen and oxygen atoms in total. The molecule has 0 saturated heterocycles. The number of hydrogen-bond donors (Lipinski definition) is 2. The Morgan fingerprint density at radius 1 is 0.537 bits per heavy atom. The van der Waals surface area contributed by atoms with E-state index in [4.69, 9.17) is 79.3 Å². The van der Waals surface area contributed by atoms with Gasteiger partial charge >= 0.3 is 0 Å². The Balaban J connectivity index is 0.000000545. The SMILES string of the molecule is CC(C)N(C(=O)SCC(Cl)=C(Cl)Cl)C(C)C.CC(C)N(C(=O)SCC(Cl)=C(Cl)Cl)C(C)C.CCO/N=C(\CC)C1=C(O)CC(c2c(C)cc(C)cc2C)CC1=O.CCO/N=C(\CC)C1=C(O)CC(c2c(C)cc(C)cc2C)CC1=O. The quantitative estimate of drug-likeness (QED) is 0.109. The number of hydrogen-bond acceptors (Lipinski definition) is 12. The van der Waals surface area contributed by atoms with Crippen LogP contribution in [0.5, 0.6) is 0 Å². The Bertz CT molecular complexity index is 2400. The second-order valence-corrected chi connectivity index (χ2v) is 25.2. The smallest absolute Gasteiger partial charge is 0.282 e. The minimum atomic E-state index is -0.0524. The summed E-state index contributed by atoms with van der Waals surface area (Å²) in [7, 11) is 0. The number of halogens is 6. The van der Waals surface area contributed by atoms with Crippen LogP contribution in [0.2, 0.25) is 0 Å². The number of aliphatic hydroxyl groups excluding tert-OH is 2. The normalized spacial score (nSPS) is 15.7. The second kappa shape index (κ2) is 37.1. The highest BCUT2D eigenvalue weighted by Crippen LogP contribution is 2.40. The van der Waals surface area contributed by atoms with Crippen LogP contribution >= 0.6 is 93.1 Å². The maximum atomic E-state index is 12.7. The lowest BCUT2D eigenvalue weighted by Crippen LogP contribution is -2.39. The molecule has 0 radical (unpaired) electrons. The highest BCUT2D eigenvalue weighted by Gasteiger charge is 2.34. The Morgan fingerprint density at radius 3 is 1.02 bits per heavy atom. The van der Waals surface area contributed by atoms with Gasteiger partial charge in [0.25, 0.3) is 10.5 Å². The number of ketones is 2. The van der Waals surface area contributed by atoms with Crippen molar-refractivity contribution in [3.8, 4) is 0 Å². The van der Waals surface area contributed by atoms with Crippen LogP contribution in [0.4, 0.5) is 9.59 Å². The molecule has 80 heavy (non-hydrogen) atoms. The van der Waals surface area contributed by atoms with E-state index in [1.807, 2.05) is 83.1 Å². The fourth-order valence-corrected chi connectivity index (χ4v) is 12.8. The zero-order valence-corrected chi connectivity index (χ0v) is 56.2. The number of benzene rings is 2. The minimum Gasteiger partial charge on any atom is -0.511 e. The Labute approximate surface area is 516 Å². The maximum Gasteiger partial charge on any atom is 0.282 e. The molecule has 2 aliphatic rings. The number of oxime groups is 2. The number of allylic oxidation sites excluding steroid dienone is 4. The van der Waals surface area contributed by atoms with Gasteiger partial charge in [-0.15, -0.1) is 0 Å². The van der Waals surface area contributed by atoms with Crippen LogP contribution in [0.15, 0.2) is 76.3 Å². The van der Waals surface area contributed by atoms with Gasteiger partial charge in [0.05, 0.1) is 32.6 Å². The third-order valence-electron chi connectivity index (χ3n) is 12.7. The fourth-order valence-electron chi connectivity index (χ4n) is 9.93. The van der Waals surface area contributed by atoms with Crippen molar-refractivity contribution in [1.82, 2.24) is 9.80 Å². The van der Waals surface area contributed by atoms with E-state index >= 15 is 0 Å². The molecule has 0 spiro atoms. The zero-order chi connectivity index (χ0) is 61.5. The monoisotopic (exact) mass is 1260 g/mol. The fraction of sp³-hybridized carbons (Fsp3) is 0.567. The molecule has 2 unspecified atom stereocenters. The number of aliphatic hydroxyl groups is 2. The van der Waals surface area contributed by atoms with Crippen LogP contribution in [-0.4, -0.2) is 102 Å². The first-order valence-electron chi connectivity index (χ1n) is 27.0. The molecule has 2 aromatic rings. The van der Waals surface area contributed by atoms with E-state index in [-0.39, 0.29) is 78.5 Å². The number of amides is 2. The molecule has 2 aliphatic carbocycles. The van der Waals surface area contributed by atoms with E-state index in [1.54, 1.807) is 9.80 Å². The third kappa shape index (κ3) is 23.7. The second-order valence-electron chi connectivity index (χ2n) is 20.6. The lowest BCUT2D eigenvalue weighted by atomic mass is 9.78. The first-order chi connectivity index (χ1) is 37.3. The first kappa shape index (κ1) is 74.7. The van der Waals surface area contributed by atoms with Crippen molar-refractivity contribution in [2.75, 3.05) is 24.7 Å². The van der Waals surface area contributed by atoms with Gasteiger partial charge in [0.15, 0.2) is 11.6 Å². The number of nitrogens with zero attached hydrogens (tertiary/aromatic N) is 4. The molecule has 0 heterocycles. The average Bonchev–Trinajstić information content (AvgIpc) is 3.33.